The molecule has 126 valence electrons. The van der Waals surface area contributed by atoms with Crippen LogP contribution >= 0.6 is 0 Å². The monoisotopic (exact) mass is 319 g/mol. The zero-order chi connectivity index (χ0) is 16.8. The molecule has 0 saturated carbocycles. The van der Waals surface area contributed by atoms with Crippen LogP contribution in [0.5, 0.6) is 0 Å². The number of carbonyl (C=O) groups excluding carboxylic acids is 2. The number of carbonyl (C=O) groups is 2. The Bertz CT molecular complexity index is 400. The van der Waals surface area contributed by atoms with Crippen LogP contribution in [0.4, 0.5) is 13.2 Å². The lowest BCUT2D eigenvalue weighted by Crippen LogP contribution is -2.31. The van der Waals surface area contributed by atoms with Crippen molar-refractivity contribution in [1.82, 2.24) is 4.90 Å². The van der Waals surface area contributed by atoms with Gasteiger partial charge in [-0.2, -0.15) is 13.2 Å². The first-order valence-electron chi connectivity index (χ1n) is 7.87. The van der Waals surface area contributed by atoms with E-state index >= 15 is 0 Å². The fourth-order valence-corrected chi connectivity index (χ4v) is 2.89. The van der Waals surface area contributed by atoms with Crippen molar-refractivity contribution < 1.29 is 22.8 Å². The Morgan fingerprint density at radius 2 is 1.64 bits per heavy atom. The summed E-state index contributed by atoms with van der Waals surface area (Å²) in [6.45, 7) is 3.84. The Morgan fingerprint density at radius 3 is 2.14 bits per heavy atom. The second kappa shape index (κ2) is 8.34. The van der Waals surface area contributed by atoms with Crippen molar-refractivity contribution in [2.24, 2.45) is 11.8 Å². The van der Waals surface area contributed by atoms with Gasteiger partial charge in [-0.05, 0) is 18.8 Å². The molecule has 22 heavy (non-hydrogen) atoms. The number of nitrogens with zero attached hydrogens (tertiary/aromatic N) is 1. The molecule has 2 amide bonds. The molecule has 0 spiro atoms. The second-order valence-corrected chi connectivity index (χ2v) is 5.92. The maximum atomic E-state index is 13.0. The number of halogens is 3. The zero-order valence-corrected chi connectivity index (χ0v) is 13.2. The molecule has 0 aromatic carbocycles. The van der Waals surface area contributed by atoms with Crippen LogP contribution in [0.15, 0.2) is 12.2 Å². The molecular formula is C16H24F3NO2. The van der Waals surface area contributed by atoms with Gasteiger partial charge < -0.3 is 0 Å². The third-order valence-electron chi connectivity index (χ3n) is 4.15. The molecule has 1 aliphatic heterocycles. The molecule has 2 unspecified atom stereocenters. The van der Waals surface area contributed by atoms with Gasteiger partial charge in [0, 0.05) is 18.7 Å². The number of unbranched alkanes of at least 4 members (excludes halogenated alkanes) is 2. The zero-order valence-electron chi connectivity index (χ0n) is 13.2. The molecule has 2 atom stereocenters. The summed E-state index contributed by atoms with van der Waals surface area (Å²) in [5.41, 5.74) is 0. The van der Waals surface area contributed by atoms with E-state index in [-0.39, 0.29) is 30.7 Å². The molecule has 0 N–H and O–H groups in total. The molecule has 0 fully saturated rings. The van der Waals surface area contributed by atoms with Crippen LogP contribution in [0.1, 0.15) is 52.4 Å². The van der Waals surface area contributed by atoms with Crippen LogP contribution in [-0.2, 0) is 9.59 Å². The van der Waals surface area contributed by atoms with E-state index in [9.17, 15) is 22.8 Å². The van der Waals surface area contributed by atoms with E-state index in [1.807, 2.05) is 6.92 Å². The first-order chi connectivity index (χ1) is 10.3. The van der Waals surface area contributed by atoms with Gasteiger partial charge in [0.2, 0.25) is 0 Å². The van der Waals surface area contributed by atoms with Gasteiger partial charge in [-0.25, -0.2) is 0 Å². The van der Waals surface area contributed by atoms with Gasteiger partial charge in [0.25, 0.3) is 11.8 Å². The molecule has 1 heterocycles. The number of hydrogen-bond acceptors (Lipinski definition) is 2. The quantitative estimate of drug-likeness (QED) is 0.474. The summed E-state index contributed by atoms with van der Waals surface area (Å²) < 4.78 is 39.1. The Balaban J connectivity index is 2.31. The van der Waals surface area contributed by atoms with Gasteiger partial charge >= 0.3 is 6.18 Å². The topological polar surface area (TPSA) is 37.4 Å². The minimum Gasteiger partial charge on any atom is -0.275 e. The summed E-state index contributed by atoms with van der Waals surface area (Å²) in [6, 6.07) is 0. The van der Waals surface area contributed by atoms with Gasteiger partial charge in [0.05, 0.1) is 5.92 Å². The van der Waals surface area contributed by atoms with Crippen LogP contribution in [0.25, 0.3) is 0 Å². The van der Waals surface area contributed by atoms with Crippen molar-refractivity contribution in [3.05, 3.63) is 12.2 Å². The molecule has 0 aromatic rings. The highest BCUT2D eigenvalue weighted by atomic mass is 19.4. The number of amides is 2. The Labute approximate surface area is 129 Å². The van der Waals surface area contributed by atoms with Gasteiger partial charge in [0.15, 0.2) is 0 Å². The summed E-state index contributed by atoms with van der Waals surface area (Å²) in [5, 5.41) is 0. The summed E-state index contributed by atoms with van der Waals surface area (Å²) in [4.78, 5) is 23.8. The van der Waals surface area contributed by atoms with Crippen LogP contribution in [0.2, 0.25) is 0 Å². The summed E-state index contributed by atoms with van der Waals surface area (Å²) in [5.74, 6) is -2.30. The third kappa shape index (κ3) is 5.46. The highest BCUT2D eigenvalue weighted by molar-refractivity contribution is 6.12. The Morgan fingerprint density at radius 1 is 1.05 bits per heavy atom. The Hall–Kier alpha value is -1.33. The van der Waals surface area contributed by atoms with Crippen LogP contribution in [0, 0.1) is 11.8 Å². The highest BCUT2D eigenvalue weighted by Gasteiger charge is 2.41. The second-order valence-electron chi connectivity index (χ2n) is 5.92. The first kappa shape index (κ1) is 18.7. The summed E-state index contributed by atoms with van der Waals surface area (Å²) in [6.07, 6.45) is 1.32. The number of hydrogen-bond donors (Lipinski definition) is 0. The van der Waals surface area contributed by atoms with Crippen molar-refractivity contribution in [2.45, 2.75) is 58.5 Å². The maximum absolute atomic E-state index is 13.0. The fourth-order valence-electron chi connectivity index (χ4n) is 2.89. The lowest BCUT2D eigenvalue weighted by Gasteiger charge is -2.26. The summed E-state index contributed by atoms with van der Waals surface area (Å²) in [7, 11) is 0. The van der Waals surface area contributed by atoms with Gasteiger partial charge in [-0.1, -0.05) is 39.5 Å². The molecule has 3 nitrogen and oxygen atoms in total. The lowest BCUT2D eigenvalue weighted by atomic mass is 9.85. The van der Waals surface area contributed by atoms with Crippen molar-refractivity contribution in [1.29, 1.82) is 0 Å². The molecule has 0 aliphatic carbocycles. The Kier molecular flexibility index (Phi) is 7.10. The first-order valence-corrected chi connectivity index (χ1v) is 7.87. The van der Waals surface area contributed by atoms with Crippen LogP contribution in [0.3, 0.4) is 0 Å². The SMILES string of the molecule is CCCC(C)C(CCCCCN1C(=O)C=CC1=O)C(F)(F)F. The van der Waals surface area contributed by atoms with E-state index in [2.05, 4.69) is 0 Å². The number of imide groups is 1. The third-order valence-corrected chi connectivity index (χ3v) is 4.15. The van der Waals surface area contributed by atoms with Crippen LogP contribution in [-0.4, -0.2) is 29.4 Å². The van der Waals surface area contributed by atoms with Crippen molar-refractivity contribution in [3.63, 3.8) is 0 Å². The molecule has 0 aromatic heterocycles. The van der Waals surface area contributed by atoms with Crippen molar-refractivity contribution >= 4 is 11.8 Å². The van der Waals surface area contributed by atoms with Gasteiger partial charge in [0.1, 0.15) is 0 Å². The molecule has 0 bridgehead atoms. The molecule has 1 rings (SSSR count). The van der Waals surface area contributed by atoms with E-state index < -0.39 is 12.1 Å². The predicted molar refractivity (Wildman–Crippen MR) is 77.9 cm³/mol. The van der Waals surface area contributed by atoms with Crippen LogP contribution < -0.4 is 0 Å². The average Bonchev–Trinajstić information content (AvgIpc) is 2.72. The average molecular weight is 319 g/mol. The largest absolute Gasteiger partial charge is 0.392 e. The normalized spacial score (nSPS) is 18.1. The minimum absolute atomic E-state index is 0.116. The van der Waals surface area contributed by atoms with Crippen molar-refractivity contribution in [2.75, 3.05) is 6.54 Å². The van der Waals surface area contributed by atoms with E-state index in [1.165, 1.54) is 12.2 Å². The predicted octanol–water partition coefficient (Wildman–Crippen LogP) is 4.09. The molecule has 1 aliphatic rings. The summed E-state index contributed by atoms with van der Waals surface area (Å²) >= 11 is 0. The highest BCUT2D eigenvalue weighted by Crippen LogP contribution is 2.37. The number of rotatable bonds is 9. The molecule has 0 saturated heterocycles. The lowest BCUT2D eigenvalue weighted by molar-refractivity contribution is -0.190. The molecule has 0 radical (unpaired) electrons. The fraction of sp³-hybridized carbons (Fsp3) is 0.750. The van der Waals surface area contributed by atoms with Gasteiger partial charge in [-0.3, -0.25) is 14.5 Å². The van der Waals surface area contributed by atoms with E-state index in [4.69, 9.17) is 0 Å². The van der Waals surface area contributed by atoms with Gasteiger partial charge in [-0.15, -0.1) is 0 Å². The molecular weight excluding hydrogens is 295 g/mol. The van der Waals surface area contributed by atoms with Crippen molar-refractivity contribution in [3.8, 4) is 0 Å². The number of alkyl halides is 3. The molecule has 6 heteroatoms. The van der Waals surface area contributed by atoms with E-state index in [0.29, 0.717) is 25.7 Å². The standard InChI is InChI=1S/C16H24F3NO2/c1-3-7-12(2)13(16(17,18)19)8-5-4-6-11-20-14(21)9-10-15(20)22/h9-10,12-13H,3-8,11H2,1-2H3. The van der Waals surface area contributed by atoms with E-state index in [0.717, 1.165) is 11.3 Å². The maximum Gasteiger partial charge on any atom is 0.392 e. The minimum atomic E-state index is -4.15. The van der Waals surface area contributed by atoms with E-state index in [1.54, 1.807) is 6.92 Å². The smallest absolute Gasteiger partial charge is 0.275 e.